The number of benzene rings is 8. The molecule has 12 rings (SSSR count). The Bertz CT molecular complexity index is 3570. The molecule has 0 radical (unpaired) electrons. The smallest absolute Gasteiger partial charge is 0.160 e. The molecule has 0 aliphatic rings. The molecular weight excluding hydrogens is 791 g/mol. The van der Waals surface area contributed by atoms with Gasteiger partial charge in [-0.2, -0.15) is 0 Å². The molecule has 4 aromatic heterocycles. The lowest BCUT2D eigenvalue weighted by atomic mass is 9.92. The van der Waals surface area contributed by atoms with Gasteiger partial charge in [0.05, 0.1) is 27.3 Å². The number of para-hydroxylation sites is 1. The highest BCUT2D eigenvalue weighted by atomic mass is 32.1. The van der Waals surface area contributed by atoms with Crippen LogP contribution < -0.4 is 0 Å². The molecule has 3 nitrogen and oxygen atoms in total. The van der Waals surface area contributed by atoms with E-state index in [0.717, 1.165) is 61.4 Å². The summed E-state index contributed by atoms with van der Waals surface area (Å²) in [4.78, 5) is 16.8. The average molecular weight is 826 g/mol. The van der Waals surface area contributed by atoms with Gasteiger partial charge in [0.1, 0.15) is 0 Å². The fourth-order valence-electron chi connectivity index (χ4n) is 8.77. The number of fused-ring (bicyclic) bond motifs is 6. The molecule has 62 heavy (non-hydrogen) atoms. The molecule has 290 valence electrons. The van der Waals surface area contributed by atoms with E-state index in [-0.39, 0.29) is 0 Å². The first-order chi connectivity index (χ1) is 30.7. The minimum absolute atomic E-state index is 0.705. The molecule has 4 heterocycles. The molecule has 8 aromatic carbocycles. The van der Waals surface area contributed by atoms with E-state index in [2.05, 4.69) is 188 Å². The minimum Gasteiger partial charge on any atom is -0.246 e. The number of nitrogens with zero attached hydrogens (tertiary/aromatic N) is 3. The van der Waals surface area contributed by atoms with Crippen LogP contribution in [0.15, 0.2) is 212 Å². The van der Waals surface area contributed by atoms with Gasteiger partial charge >= 0.3 is 0 Å². The van der Waals surface area contributed by atoms with E-state index in [1.165, 1.54) is 51.8 Å². The SMILES string of the molecule is c1ccc(-c2cc(-c3cccc(-c4cccc(-c5c(-c6cccc7c6sc6ccccc67)sc6c(-c7ccccc7)nc7ccccc7c56)c4)c3)nc(-c3ccccc3)n2)cc1. The predicted octanol–water partition coefficient (Wildman–Crippen LogP) is 16.3. The Morgan fingerprint density at radius 1 is 0.339 bits per heavy atom. The molecule has 0 saturated heterocycles. The Morgan fingerprint density at radius 3 is 1.65 bits per heavy atom. The van der Waals surface area contributed by atoms with Crippen LogP contribution in [0, 0.1) is 0 Å². The van der Waals surface area contributed by atoms with Crippen LogP contribution in [0.3, 0.4) is 0 Å². The maximum absolute atomic E-state index is 5.37. The molecule has 0 saturated carbocycles. The molecule has 5 heteroatoms. The number of rotatable bonds is 7. The Labute approximate surface area is 366 Å². The average Bonchev–Trinajstić information content (AvgIpc) is 3.95. The van der Waals surface area contributed by atoms with Crippen LogP contribution >= 0.6 is 22.7 Å². The maximum atomic E-state index is 5.37. The van der Waals surface area contributed by atoms with Gasteiger partial charge in [0.25, 0.3) is 0 Å². The zero-order valence-electron chi connectivity index (χ0n) is 33.4. The molecule has 0 aliphatic heterocycles. The van der Waals surface area contributed by atoms with Gasteiger partial charge in [-0.15, -0.1) is 22.7 Å². The lowest BCUT2D eigenvalue weighted by molar-refractivity contribution is 1.18. The summed E-state index contributed by atoms with van der Waals surface area (Å²) in [5.74, 6) is 0.705. The number of hydrogen-bond donors (Lipinski definition) is 0. The van der Waals surface area contributed by atoms with Crippen LogP contribution in [0.4, 0.5) is 0 Å². The van der Waals surface area contributed by atoms with E-state index in [1.807, 2.05) is 46.9 Å². The summed E-state index contributed by atoms with van der Waals surface area (Å²) in [6, 6.07) is 75.4. The number of aromatic nitrogens is 3. The first-order valence-corrected chi connectivity index (χ1v) is 22.4. The summed E-state index contributed by atoms with van der Waals surface area (Å²) in [5, 5.41) is 4.98. The molecule has 0 N–H and O–H groups in total. The Hall–Kier alpha value is -7.57. The second-order valence-corrected chi connectivity index (χ2v) is 17.6. The van der Waals surface area contributed by atoms with Crippen molar-refractivity contribution in [3.63, 3.8) is 0 Å². The van der Waals surface area contributed by atoms with Crippen LogP contribution in [0.2, 0.25) is 0 Å². The van der Waals surface area contributed by atoms with E-state index >= 15 is 0 Å². The maximum Gasteiger partial charge on any atom is 0.160 e. The van der Waals surface area contributed by atoms with Crippen molar-refractivity contribution in [3.05, 3.63) is 212 Å². The zero-order valence-corrected chi connectivity index (χ0v) is 35.0. The van der Waals surface area contributed by atoms with Crippen LogP contribution in [0.1, 0.15) is 0 Å². The second-order valence-electron chi connectivity index (χ2n) is 15.5. The summed E-state index contributed by atoms with van der Waals surface area (Å²) in [7, 11) is 0. The van der Waals surface area contributed by atoms with E-state index in [9.17, 15) is 0 Å². The van der Waals surface area contributed by atoms with Gasteiger partial charge in [-0.3, -0.25) is 0 Å². The minimum atomic E-state index is 0.705. The Kier molecular flexibility index (Phi) is 8.87. The first-order valence-electron chi connectivity index (χ1n) is 20.8. The van der Waals surface area contributed by atoms with E-state index < -0.39 is 0 Å². The van der Waals surface area contributed by atoms with Crippen molar-refractivity contribution in [1.82, 2.24) is 15.0 Å². The number of thiophene rings is 2. The van der Waals surface area contributed by atoms with E-state index in [4.69, 9.17) is 15.0 Å². The van der Waals surface area contributed by atoms with Crippen molar-refractivity contribution in [2.24, 2.45) is 0 Å². The van der Waals surface area contributed by atoms with Crippen LogP contribution in [0.5, 0.6) is 0 Å². The lowest BCUT2D eigenvalue weighted by Crippen LogP contribution is -1.96. The largest absolute Gasteiger partial charge is 0.246 e. The highest BCUT2D eigenvalue weighted by Gasteiger charge is 2.24. The summed E-state index contributed by atoms with van der Waals surface area (Å²) in [5.41, 5.74) is 13.9. The molecule has 0 spiro atoms. The van der Waals surface area contributed by atoms with Gasteiger partial charge in [0.2, 0.25) is 0 Å². The molecule has 0 aliphatic carbocycles. The quantitative estimate of drug-likeness (QED) is 0.161. The zero-order chi connectivity index (χ0) is 41.0. The monoisotopic (exact) mass is 825 g/mol. The van der Waals surface area contributed by atoms with Crippen molar-refractivity contribution in [2.45, 2.75) is 0 Å². The number of pyridine rings is 1. The molecule has 0 atom stereocenters. The van der Waals surface area contributed by atoms with Gasteiger partial charge in [-0.1, -0.05) is 182 Å². The van der Waals surface area contributed by atoms with E-state index in [1.54, 1.807) is 0 Å². The standard InChI is InChI=1S/C57H35N3S2/c1-4-17-36(18-5-1)48-35-49(60-57(59-48)38-21-8-3-9-22-38)41-25-14-23-39(33-41)40-24-15-26-42(34-40)51-52-45-28-10-12-31-47(45)58-53(37-19-6-2-7-20-37)56(52)62-55(51)46-30-16-29-44-43-27-11-13-32-50(43)61-54(44)46/h1-35H. The predicted molar refractivity (Wildman–Crippen MR) is 264 cm³/mol. The normalized spacial score (nSPS) is 11.5. The summed E-state index contributed by atoms with van der Waals surface area (Å²) < 4.78 is 3.79. The summed E-state index contributed by atoms with van der Waals surface area (Å²) in [6.45, 7) is 0. The summed E-state index contributed by atoms with van der Waals surface area (Å²) >= 11 is 3.74. The van der Waals surface area contributed by atoms with Gasteiger partial charge in [-0.05, 0) is 47.0 Å². The van der Waals surface area contributed by atoms with Crippen molar-refractivity contribution in [3.8, 4) is 77.9 Å². The highest BCUT2D eigenvalue weighted by Crippen LogP contribution is 2.53. The lowest BCUT2D eigenvalue weighted by Gasteiger charge is -2.13. The van der Waals surface area contributed by atoms with Gasteiger partial charge in [0.15, 0.2) is 5.82 Å². The van der Waals surface area contributed by atoms with Crippen LogP contribution in [-0.2, 0) is 0 Å². The third-order valence-corrected chi connectivity index (χ3v) is 14.1. The second kappa shape index (κ2) is 15.2. The third-order valence-electron chi connectivity index (χ3n) is 11.7. The molecule has 0 bridgehead atoms. The molecule has 12 aromatic rings. The molecule has 0 unspecified atom stereocenters. The van der Waals surface area contributed by atoms with Crippen molar-refractivity contribution in [1.29, 1.82) is 0 Å². The number of hydrogen-bond acceptors (Lipinski definition) is 5. The first kappa shape index (κ1) is 36.3. The van der Waals surface area contributed by atoms with Crippen molar-refractivity contribution in [2.75, 3.05) is 0 Å². The fraction of sp³-hybridized carbons (Fsp3) is 0. The summed E-state index contributed by atoms with van der Waals surface area (Å²) in [6.07, 6.45) is 0. The van der Waals surface area contributed by atoms with Gasteiger partial charge < -0.3 is 0 Å². The molecule has 0 fully saturated rings. The molecular formula is C57H35N3S2. The van der Waals surface area contributed by atoms with Crippen LogP contribution in [0.25, 0.3) is 119 Å². The van der Waals surface area contributed by atoms with Crippen LogP contribution in [-0.4, -0.2) is 15.0 Å². The Morgan fingerprint density at radius 2 is 0.887 bits per heavy atom. The Balaban J connectivity index is 1.07. The molecule has 0 amide bonds. The highest BCUT2D eigenvalue weighted by molar-refractivity contribution is 7.27. The van der Waals surface area contributed by atoms with E-state index in [0.29, 0.717) is 5.82 Å². The van der Waals surface area contributed by atoms with Crippen molar-refractivity contribution >= 4 is 63.8 Å². The van der Waals surface area contributed by atoms with Gasteiger partial charge in [0, 0.05) is 69.2 Å². The fourth-order valence-corrected chi connectivity index (χ4v) is 11.4. The van der Waals surface area contributed by atoms with Gasteiger partial charge in [-0.25, -0.2) is 15.0 Å². The topological polar surface area (TPSA) is 38.7 Å². The third kappa shape index (κ3) is 6.29. The van der Waals surface area contributed by atoms with Crippen molar-refractivity contribution < 1.29 is 0 Å².